The molecule has 0 saturated carbocycles. The van der Waals surface area contributed by atoms with Crippen LogP contribution in [0.3, 0.4) is 0 Å². The number of nitrogens with one attached hydrogen (secondary N) is 1. The van der Waals surface area contributed by atoms with Crippen LogP contribution in [0.2, 0.25) is 0 Å². The van der Waals surface area contributed by atoms with Gasteiger partial charge < -0.3 is 9.84 Å². The number of amides is 1. The van der Waals surface area contributed by atoms with E-state index in [9.17, 15) is 9.90 Å². The fourth-order valence-corrected chi connectivity index (χ4v) is 2.42. The third kappa shape index (κ3) is 3.20. The highest BCUT2D eigenvalue weighted by molar-refractivity contribution is 6.03. The van der Waals surface area contributed by atoms with Crippen molar-refractivity contribution >= 4 is 22.9 Å². The molecule has 0 atom stereocenters. The molecule has 0 saturated heterocycles. The Morgan fingerprint density at radius 3 is 2.46 bits per heavy atom. The number of methoxy groups -OCH3 is 1. The molecule has 0 aliphatic rings. The number of carbonyl (C=O) groups excluding carboxylic acids is 1. The van der Waals surface area contributed by atoms with Gasteiger partial charge in [0.05, 0.1) is 13.3 Å². The molecule has 0 aliphatic carbocycles. The second-order valence-electron chi connectivity index (χ2n) is 5.15. The van der Waals surface area contributed by atoms with E-state index in [0.717, 1.165) is 22.1 Å². The van der Waals surface area contributed by atoms with Crippen molar-refractivity contribution < 1.29 is 14.6 Å². The number of benzene rings is 3. The number of rotatable bonds is 4. The average Bonchev–Trinajstić information content (AvgIpc) is 2.62. The van der Waals surface area contributed by atoms with Crippen molar-refractivity contribution in [2.45, 2.75) is 0 Å². The van der Waals surface area contributed by atoms with E-state index in [-0.39, 0.29) is 11.7 Å². The van der Waals surface area contributed by atoms with Crippen molar-refractivity contribution in [2.24, 2.45) is 5.10 Å². The Balaban J connectivity index is 1.81. The van der Waals surface area contributed by atoms with Crippen LogP contribution in [-0.2, 0) is 0 Å². The summed E-state index contributed by atoms with van der Waals surface area (Å²) in [5.74, 6) is 0.555. The smallest absolute Gasteiger partial charge is 0.271 e. The second kappa shape index (κ2) is 6.83. The molecular weight excluding hydrogens is 304 g/mol. The molecule has 5 heteroatoms. The zero-order valence-electron chi connectivity index (χ0n) is 13.1. The van der Waals surface area contributed by atoms with Crippen LogP contribution in [0.4, 0.5) is 0 Å². The van der Waals surface area contributed by atoms with E-state index in [1.807, 2.05) is 36.4 Å². The molecule has 1 amide bonds. The molecule has 0 heterocycles. The minimum Gasteiger partial charge on any atom is -0.508 e. The molecule has 0 aliphatic heterocycles. The van der Waals surface area contributed by atoms with Gasteiger partial charge in [0.15, 0.2) is 0 Å². The van der Waals surface area contributed by atoms with Gasteiger partial charge in [0, 0.05) is 16.5 Å². The van der Waals surface area contributed by atoms with Crippen LogP contribution in [-0.4, -0.2) is 24.3 Å². The van der Waals surface area contributed by atoms with Gasteiger partial charge >= 0.3 is 0 Å². The quantitative estimate of drug-likeness (QED) is 0.572. The monoisotopic (exact) mass is 320 g/mol. The van der Waals surface area contributed by atoms with Gasteiger partial charge in [-0.3, -0.25) is 4.79 Å². The van der Waals surface area contributed by atoms with Crippen molar-refractivity contribution in [3.63, 3.8) is 0 Å². The maximum Gasteiger partial charge on any atom is 0.271 e. The maximum atomic E-state index is 12.0. The summed E-state index contributed by atoms with van der Waals surface area (Å²) in [4.78, 5) is 12.0. The Bertz CT molecular complexity index is 902. The van der Waals surface area contributed by atoms with Crippen molar-refractivity contribution in [2.75, 3.05) is 7.11 Å². The fourth-order valence-electron chi connectivity index (χ4n) is 2.42. The van der Waals surface area contributed by atoms with Crippen LogP contribution < -0.4 is 10.2 Å². The van der Waals surface area contributed by atoms with E-state index < -0.39 is 0 Å². The molecule has 0 aromatic heterocycles. The standard InChI is InChI=1S/C19H16N2O3/c1-24-18-11-8-14(16-4-2-3-5-17(16)18)12-20-21-19(23)13-6-9-15(22)10-7-13/h2-12,22H,1H3,(H,21,23)/b20-12-. The number of ether oxygens (including phenoxy) is 1. The second-order valence-corrected chi connectivity index (χ2v) is 5.15. The van der Waals surface area contributed by atoms with Crippen LogP contribution in [0.1, 0.15) is 15.9 Å². The number of hydrogen-bond acceptors (Lipinski definition) is 4. The Morgan fingerprint density at radius 1 is 1.04 bits per heavy atom. The zero-order chi connectivity index (χ0) is 16.9. The van der Waals surface area contributed by atoms with Crippen LogP contribution in [0.25, 0.3) is 10.8 Å². The van der Waals surface area contributed by atoms with Gasteiger partial charge in [-0.25, -0.2) is 5.43 Å². The van der Waals surface area contributed by atoms with E-state index in [1.54, 1.807) is 13.3 Å². The molecule has 0 spiro atoms. The zero-order valence-corrected chi connectivity index (χ0v) is 13.1. The highest BCUT2D eigenvalue weighted by atomic mass is 16.5. The van der Waals surface area contributed by atoms with Crippen molar-refractivity contribution in [3.8, 4) is 11.5 Å². The lowest BCUT2D eigenvalue weighted by Gasteiger charge is -2.07. The summed E-state index contributed by atoms with van der Waals surface area (Å²) in [7, 11) is 1.63. The van der Waals surface area contributed by atoms with Gasteiger partial charge in [0.2, 0.25) is 0 Å². The lowest BCUT2D eigenvalue weighted by Crippen LogP contribution is -2.17. The number of hydrazone groups is 1. The molecule has 3 aromatic rings. The Hall–Kier alpha value is -3.34. The largest absolute Gasteiger partial charge is 0.508 e. The predicted octanol–water partition coefficient (Wildman–Crippen LogP) is 3.32. The van der Waals surface area contributed by atoms with Crippen LogP contribution in [0, 0.1) is 0 Å². The minimum atomic E-state index is -0.343. The van der Waals surface area contributed by atoms with E-state index >= 15 is 0 Å². The molecule has 3 aromatic carbocycles. The molecular formula is C19H16N2O3. The molecule has 0 unspecified atom stereocenters. The normalized spacial score (nSPS) is 10.9. The number of carbonyl (C=O) groups is 1. The Morgan fingerprint density at radius 2 is 1.75 bits per heavy atom. The van der Waals surface area contributed by atoms with Gasteiger partial charge in [0.25, 0.3) is 5.91 Å². The average molecular weight is 320 g/mol. The van der Waals surface area contributed by atoms with E-state index in [1.165, 1.54) is 24.3 Å². The first-order chi connectivity index (χ1) is 11.7. The lowest BCUT2D eigenvalue weighted by atomic mass is 10.0. The number of fused-ring (bicyclic) bond motifs is 1. The number of nitrogens with zero attached hydrogens (tertiary/aromatic N) is 1. The van der Waals surface area contributed by atoms with Gasteiger partial charge in [0.1, 0.15) is 11.5 Å². The summed E-state index contributed by atoms with van der Waals surface area (Å²) in [6, 6.07) is 17.5. The van der Waals surface area contributed by atoms with Crippen molar-refractivity contribution in [1.82, 2.24) is 5.43 Å². The van der Waals surface area contributed by atoms with E-state index in [2.05, 4.69) is 10.5 Å². The fraction of sp³-hybridized carbons (Fsp3) is 0.0526. The Labute approximate surface area is 139 Å². The molecule has 120 valence electrons. The highest BCUT2D eigenvalue weighted by Crippen LogP contribution is 2.27. The summed E-state index contributed by atoms with van der Waals surface area (Å²) in [6.45, 7) is 0. The summed E-state index contributed by atoms with van der Waals surface area (Å²) in [6.07, 6.45) is 1.60. The Kier molecular flexibility index (Phi) is 4.43. The minimum absolute atomic E-state index is 0.111. The first-order valence-electron chi connectivity index (χ1n) is 7.37. The third-order valence-electron chi connectivity index (χ3n) is 3.64. The first-order valence-corrected chi connectivity index (χ1v) is 7.37. The summed E-state index contributed by atoms with van der Waals surface area (Å²) in [5.41, 5.74) is 3.77. The SMILES string of the molecule is COc1ccc(/C=N\NC(=O)c2ccc(O)cc2)c2ccccc12. The lowest BCUT2D eigenvalue weighted by molar-refractivity contribution is 0.0955. The first kappa shape index (κ1) is 15.6. The predicted molar refractivity (Wildman–Crippen MR) is 93.7 cm³/mol. The molecule has 3 rings (SSSR count). The molecule has 5 nitrogen and oxygen atoms in total. The number of phenols is 1. The summed E-state index contributed by atoms with van der Waals surface area (Å²) >= 11 is 0. The summed E-state index contributed by atoms with van der Waals surface area (Å²) < 4.78 is 5.36. The van der Waals surface area contributed by atoms with Gasteiger partial charge in [-0.15, -0.1) is 0 Å². The van der Waals surface area contributed by atoms with Crippen molar-refractivity contribution in [3.05, 3.63) is 71.8 Å². The van der Waals surface area contributed by atoms with E-state index in [0.29, 0.717) is 5.56 Å². The molecule has 0 fully saturated rings. The van der Waals surface area contributed by atoms with Crippen molar-refractivity contribution in [1.29, 1.82) is 0 Å². The van der Waals surface area contributed by atoms with Crippen LogP contribution >= 0.6 is 0 Å². The molecule has 0 radical (unpaired) electrons. The summed E-state index contributed by atoms with van der Waals surface area (Å²) in [5, 5.41) is 15.2. The van der Waals surface area contributed by atoms with E-state index in [4.69, 9.17) is 4.74 Å². The topological polar surface area (TPSA) is 70.9 Å². The van der Waals surface area contributed by atoms with Gasteiger partial charge in [-0.2, -0.15) is 5.10 Å². The maximum absolute atomic E-state index is 12.0. The number of hydrogen-bond donors (Lipinski definition) is 2. The molecule has 2 N–H and O–H groups in total. The van der Waals surface area contributed by atoms with Crippen LogP contribution in [0.5, 0.6) is 11.5 Å². The van der Waals surface area contributed by atoms with Gasteiger partial charge in [-0.05, 0) is 41.8 Å². The van der Waals surface area contributed by atoms with Gasteiger partial charge in [-0.1, -0.05) is 24.3 Å². The number of aromatic hydroxyl groups is 1. The highest BCUT2D eigenvalue weighted by Gasteiger charge is 2.05. The third-order valence-corrected chi connectivity index (χ3v) is 3.64. The number of phenolic OH excluding ortho intramolecular Hbond substituents is 1. The molecule has 24 heavy (non-hydrogen) atoms. The molecule has 0 bridgehead atoms. The van der Waals surface area contributed by atoms with Crippen LogP contribution in [0.15, 0.2) is 65.8 Å².